The zero-order valence-electron chi connectivity index (χ0n) is 10.8. The average molecular weight is 321 g/mol. The Kier molecular flexibility index (Phi) is 4.69. The lowest BCUT2D eigenvalue weighted by Crippen LogP contribution is -2.21. The molecule has 0 spiro atoms. The summed E-state index contributed by atoms with van der Waals surface area (Å²) in [7, 11) is 0. The van der Waals surface area contributed by atoms with Gasteiger partial charge < -0.3 is 10.8 Å². The Labute approximate surface area is 121 Å². The second kappa shape index (κ2) is 6.28. The highest BCUT2D eigenvalue weighted by Crippen LogP contribution is 2.30. The zero-order valence-corrected chi connectivity index (χ0v) is 12.3. The van der Waals surface area contributed by atoms with Crippen LogP contribution in [-0.2, 0) is 0 Å². The predicted octanol–water partition coefficient (Wildman–Crippen LogP) is 2.93. The van der Waals surface area contributed by atoms with Gasteiger partial charge in [-0.15, -0.1) is 0 Å². The Morgan fingerprint density at radius 3 is 2.68 bits per heavy atom. The molecule has 3 nitrogen and oxygen atoms in total. The van der Waals surface area contributed by atoms with E-state index in [1.807, 2.05) is 43.3 Å². The molecule has 2 rings (SSSR count). The van der Waals surface area contributed by atoms with Gasteiger partial charge in [-0.05, 0) is 36.2 Å². The van der Waals surface area contributed by atoms with E-state index in [-0.39, 0.29) is 5.92 Å². The van der Waals surface area contributed by atoms with Gasteiger partial charge in [-0.2, -0.15) is 0 Å². The topological polar surface area (TPSA) is 59.1 Å². The number of aliphatic hydroxyl groups excluding tert-OH is 1. The molecule has 0 saturated heterocycles. The molecule has 2 aromatic rings. The quantitative estimate of drug-likeness (QED) is 0.910. The van der Waals surface area contributed by atoms with Gasteiger partial charge in [-0.25, -0.2) is 0 Å². The summed E-state index contributed by atoms with van der Waals surface area (Å²) in [6.45, 7) is 2.35. The molecule has 1 aromatic heterocycles. The predicted molar refractivity (Wildman–Crippen MR) is 79.9 cm³/mol. The molecule has 2 atom stereocenters. The molecule has 100 valence electrons. The van der Waals surface area contributed by atoms with E-state index in [0.29, 0.717) is 6.54 Å². The SMILES string of the molecule is Cc1cc(C(O)C(CN)c2ccccn2)ccc1Br. The van der Waals surface area contributed by atoms with Gasteiger partial charge >= 0.3 is 0 Å². The third kappa shape index (κ3) is 3.21. The van der Waals surface area contributed by atoms with E-state index in [1.165, 1.54) is 0 Å². The normalized spacial score (nSPS) is 14.1. The fourth-order valence-electron chi connectivity index (χ4n) is 2.09. The van der Waals surface area contributed by atoms with Crippen LogP contribution in [0, 0.1) is 6.92 Å². The van der Waals surface area contributed by atoms with Crippen LogP contribution in [-0.4, -0.2) is 16.6 Å². The summed E-state index contributed by atoms with van der Waals surface area (Å²) >= 11 is 3.46. The van der Waals surface area contributed by atoms with Crippen LogP contribution in [0.2, 0.25) is 0 Å². The fourth-order valence-corrected chi connectivity index (χ4v) is 2.34. The van der Waals surface area contributed by atoms with Crippen molar-refractivity contribution in [2.75, 3.05) is 6.54 Å². The monoisotopic (exact) mass is 320 g/mol. The molecular weight excluding hydrogens is 304 g/mol. The summed E-state index contributed by atoms with van der Waals surface area (Å²) < 4.78 is 1.03. The summed E-state index contributed by atoms with van der Waals surface area (Å²) in [5.74, 6) is -0.193. The third-order valence-corrected chi connectivity index (χ3v) is 4.12. The van der Waals surface area contributed by atoms with Crippen LogP contribution >= 0.6 is 15.9 Å². The van der Waals surface area contributed by atoms with E-state index in [2.05, 4.69) is 20.9 Å². The molecule has 4 heteroatoms. The second-order valence-electron chi connectivity index (χ2n) is 4.55. The number of nitrogens with two attached hydrogens (primary N) is 1. The van der Waals surface area contributed by atoms with Crippen LogP contribution in [0.4, 0.5) is 0 Å². The molecule has 1 aromatic carbocycles. The Morgan fingerprint density at radius 1 is 1.32 bits per heavy atom. The minimum Gasteiger partial charge on any atom is -0.388 e. The second-order valence-corrected chi connectivity index (χ2v) is 5.40. The maximum Gasteiger partial charge on any atom is 0.0885 e. The molecule has 0 fully saturated rings. The fraction of sp³-hybridized carbons (Fsp3) is 0.267. The lowest BCUT2D eigenvalue weighted by Gasteiger charge is -2.21. The Morgan fingerprint density at radius 2 is 2.11 bits per heavy atom. The highest BCUT2D eigenvalue weighted by Gasteiger charge is 2.22. The maximum atomic E-state index is 10.5. The zero-order chi connectivity index (χ0) is 13.8. The van der Waals surface area contributed by atoms with E-state index < -0.39 is 6.10 Å². The minimum atomic E-state index is -0.647. The molecular formula is C15H17BrN2O. The summed E-state index contributed by atoms with van der Waals surface area (Å²) in [6, 6.07) is 11.5. The van der Waals surface area contributed by atoms with Crippen molar-refractivity contribution in [2.45, 2.75) is 18.9 Å². The first kappa shape index (κ1) is 14.2. The van der Waals surface area contributed by atoms with Gasteiger partial charge in [0.15, 0.2) is 0 Å². The van der Waals surface area contributed by atoms with Crippen molar-refractivity contribution in [3.63, 3.8) is 0 Å². The summed E-state index contributed by atoms with van der Waals surface area (Å²) in [5.41, 5.74) is 8.57. The van der Waals surface area contributed by atoms with Crippen molar-refractivity contribution < 1.29 is 5.11 Å². The number of rotatable bonds is 4. The number of aryl methyl sites for hydroxylation is 1. The van der Waals surface area contributed by atoms with E-state index >= 15 is 0 Å². The Bertz CT molecular complexity index is 545. The molecule has 0 amide bonds. The summed E-state index contributed by atoms with van der Waals surface area (Å²) in [5, 5.41) is 10.5. The first-order valence-electron chi connectivity index (χ1n) is 6.18. The lowest BCUT2D eigenvalue weighted by molar-refractivity contribution is 0.145. The number of halogens is 1. The number of pyridine rings is 1. The highest BCUT2D eigenvalue weighted by atomic mass is 79.9. The third-order valence-electron chi connectivity index (χ3n) is 3.23. The molecule has 0 saturated carbocycles. The summed E-state index contributed by atoms with van der Waals surface area (Å²) in [4.78, 5) is 4.29. The average Bonchev–Trinajstić information content (AvgIpc) is 2.44. The maximum absolute atomic E-state index is 10.5. The Hall–Kier alpha value is -1.23. The van der Waals surface area contributed by atoms with E-state index in [0.717, 1.165) is 21.3 Å². The molecule has 0 aliphatic heterocycles. The van der Waals surface area contributed by atoms with Crippen LogP contribution in [0.15, 0.2) is 47.1 Å². The van der Waals surface area contributed by atoms with Crippen LogP contribution < -0.4 is 5.73 Å². The van der Waals surface area contributed by atoms with Crippen molar-refractivity contribution >= 4 is 15.9 Å². The van der Waals surface area contributed by atoms with Crippen molar-refractivity contribution in [2.24, 2.45) is 5.73 Å². The van der Waals surface area contributed by atoms with Gasteiger partial charge in [-0.1, -0.05) is 34.1 Å². The molecule has 0 radical (unpaired) electrons. The van der Waals surface area contributed by atoms with Gasteiger partial charge in [0, 0.05) is 28.8 Å². The van der Waals surface area contributed by atoms with Gasteiger partial charge in [0.25, 0.3) is 0 Å². The first-order chi connectivity index (χ1) is 9.13. The molecule has 19 heavy (non-hydrogen) atoms. The number of hydrogen-bond acceptors (Lipinski definition) is 3. The van der Waals surface area contributed by atoms with Crippen molar-refractivity contribution in [1.29, 1.82) is 0 Å². The van der Waals surface area contributed by atoms with Gasteiger partial charge in [0.2, 0.25) is 0 Å². The molecule has 0 aliphatic rings. The number of aliphatic hydroxyl groups is 1. The highest BCUT2D eigenvalue weighted by molar-refractivity contribution is 9.10. The van der Waals surface area contributed by atoms with Crippen LogP contribution in [0.3, 0.4) is 0 Å². The molecule has 2 unspecified atom stereocenters. The number of benzene rings is 1. The lowest BCUT2D eigenvalue weighted by atomic mass is 9.92. The van der Waals surface area contributed by atoms with Crippen molar-refractivity contribution in [1.82, 2.24) is 4.98 Å². The van der Waals surface area contributed by atoms with E-state index in [9.17, 15) is 5.11 Å². The van der Waals surface area contributed by atoms with Crippen molar-refractivity contribution in [3.8, 4) is 0 Å². The van der Waals surface area contributed by atoms with Crippen LogP contribution in [0.25, 0.3) is 0 Å². The first-order valence-corrected chi connectivity index (χ1v) is 6.98. The van der Waals surface area contributed by atoms with E-state index in [4.69, 9.17) is 5.73 Å². The number of hydrogen-bond donors (Lipinski definition) is 2. The molecule has 0 aliphatic carbocycles. The number of nitrogens with zero attached hydrogens (tertiary/aromatic N) is 1. The van der Waals surface area contributed by atoms with Crippen LogP contribution in [0.1, 0.15) is 28.8 Å². The van der Waals surface area contributed by atoms with E-state index in [1.54, 1.807) is 6.20 Å². The van der Waals surface area contributed by atoms with Gasteiger partial charge in [0.1, 0.15) is 0 Å². The van der Waals surface area contributed by atoms with Crippen molar-refractivity contribution in [3.05, 3.63) is 63.9 Å². The van der Waals surface area contributed by atoms with Gasteiger partial charge in [-0.3, -0.25) is 4.98 Å². The molecule has 0 bridgehead atoms. The standard InChI is InChI=1S/C15H17BrN2O/c1-10-8-11(5-6-13(10)16)15(19)12(9-17)14-4-2-3-7-18-14/h2-8,12,15,19H,9,17H2,1H3. The molecule has 3 N–H and O–H groups in total. The smallest absolute Gasteiger partial charge is 0.0885 e. The Balaban J connectivity index is 2.30. The molecule has 1 heterocycles. The summed E-state index contributed by atoms with van der Waals surface area (Å²) in [6.07, 6.45) is 1.07. The van der Waals surface area contributed by atoms with Crippen LogP contribution in [0.5, 0.6) is 0 Å². The largest absolute Gasteiger partial charge is 0.388 e. The van der Waals surface area contributed by atoms with Gasteiger partial charge in [0.05, 0.1) is 6.10 Å². The number of aromatic nitrogens is 1. The minimum absolute atomic E-state index is 0.193.